The molecule has 0 unspecified atom stereocenters. The Hall–Kier alpha value is -2.19. The van der Waals surface area contributed by atoms with E-state index in [0.29, 0.717) is 0 Å². The highest BCUT2D eigenvalue weighted by molar-refractivity contribution is 5.45. The summed E-state index contributed by atoms with van der Waals surface area (Å²) < 4.78 is 1.83. The van der Waals surface area contributed by atoms with E-state index in [4.69, 9.17) is 0 Å². The van der Waals surface area contributed by atoms with E-state index >= 15 is 0 Å². The molecule has 0 saturated heterocycles. The molecule has 18 heavy (non-hydrogen) atoms. The van der Waals surface area contributed by atoms with E-state index in [1.165, 1.54) is 0 Å². The molecule has 1 saturated carbocycles. The van der Waals surface area contributed by atoms with Gasteiger partial charge in [0.1, 0.15) is 0 Å². The topological polar surface area (TPSA) is 47.2 Å². The number of benzene rings is 1. The van der Waals surface area contributed by atoms with Crippen molar-refractivity contribution >= 4 is 6.08 Å². The molecular weight excluding hydrogens is 226 g/mol. The van der Waals surface area contributed by atoms with Crippen molar-refractivity contribution in [1.82, 2.24) is 9.78 Å². The van der Waals surface area contributed by atoms with E-state index in [2.05, 4.69) is 10.1 Å². The van der Waals surface area contributed by atoms with Gasteiger partial charge in [-0.15, -0.1) is 0 Å². The molecule has 1 aliphatic carbocycles. The third kappa shape index (κ3) is 1.77. The zero-order valence-electron chi connectivity index (χ0n) is 10.1. The van der Waals surface area contributed by atoms with Crippen molar-refractivity contribution in [2.24, 2.45) is 4.99 Å². The van der Waals surface area contributed by atoms with Crippen molar-refractivity contribution in [2.45, 2.75) is 25.3 Å². The number of rotatable bonds is 3. The minimum atomic E-state index is -0.319. The maximum atomic E-state index is 10.5. The van der Waals surface area contributed by atoms with Gasteiger partial charge in [-0.05, 0) is 43.0 Å². The minimum Gasteiger partial charge on any atom is -0.241 e. The van der Waals surface area contributed by atoms with Gasteiger partial charge in [-0.25, -0.2) is 9.48 Å². The molecule has 0 N–H and O–H groups in total. The Labute approximate surface area is 105 Å². The van der Waals surface area contributed by atoms with Crippen LogP contribution in [0, 0.1) is 6.92 Å². The van der Waals surface area contributed by atoms with Crippen molar-refractivity contribution in [3.05, 3.63) is 47.8 Å². The Morgan fingerprint density at radius 2 is 2.28 bits per heavy atom. The molecule has 0 atom stereocenters. The van der Waals surface area contributed by atoms with Crippen LogP contribution in [-0.4, -0.2) is 15.9 Å². The fraction of sp³-hybridized carbons (Fsp3) is 0.286. The molecule has 0 radical (unpaired) electrons. The van der Waals surface area contributed by atoms with Crippen LogP contribution in [0.3, 0.4) is 0 Å². The second-order valence-electron chi connectivity index (χ2n) is 4.75. The first-order valence-corrected chi connectivity index (χ1v) is 5.95. The molecule has 0 bridgehead atoms. The lowest BCUT2D eigenvalue weighted by atomic mass is 10.1. The van der Waals surface area contributed by atoms with Crippen LogP contribution in [0.5, 0.6) is 0 Å². The van der Waals surface area contributed by atoms with Crippen molar-refractivity contribution in [1.29, 1.82) is 0 Å². The van der Waals surface area contributed by atoms with Crippen LogP contribution in [0.4, 0.5) is 0 Å². The second-order valence-corrected chi connectivity index (χ2v) is 4.75. The standard InChI is InChI=1S/C14H13N3O/c1-11-8-16-17(9-11)13-4-2-3-12(7-13)14(5-6-14)15-10-18/h2-4,7-9H,5-6H2,1H3. The molecule has 1 aromatic carbocycles. The second kappa shape index (κ2) is 3.93. The van der Waals surface area contributed by atoms with Crippen molar-refractivity contribution in [2.75, 3.05) is 0 Å². The van der Waals surface area contributed by atoms with Gasteiger partial charge in [0.15, 0.2) is 0 Å². The van der Waals surface area contributed by atoms with Crippen LogP contribution < -0.4 is 0 Å². The number of isocyanates is 1. The molecule has 1 aromatic heterocycles. The molecule has 1 aliphatic rings. The van der Waals surface area contributed by atoms with Crippen molar-refractivity contribution in [3.8, 4) is 5.69 Å². The third-order valence-electron chi connectivity index (χ3n) is 3.34. The number of carbonyl (C=O) groups excluding carboxylic acids is 1. The first-order chi connectivity index (χ1) is 8.73. The van der Waals surface area contributed by atoms with Gasteiger partial charge in [0.05, 0.1) is 17.4 Å². The highest BCUT2D eigenvalue weighted by Gasteiger charge is 2.44. The Bertz CT molecular complexity index is 634. The van der Waals surface area contributed by atoms with Crippen molar-refractivity contribution in [3.63, 3.8) is 0 Å². The summed E-state index contributed by atoms with van der Waals surface area (Å²) in [5, 5.41) is 4.28. The molecule has 4 nitrogen and oxygen atoms in total. The quantitative estimate of drug-likeness (QED) is 0.610. The fourth-order valence-corrected chi connectivity index (χ4v) is 2.16. The predicted molar refractivity (Wildman–Crippen MR) is 67.3 cm³/mol. The maximum Gasteiger partial charge on any atom is 0.235 e. The Morgan fingerprint density at radius 3 is 2.89 bits per heavy atom. The van der Waals surface area contributed by atoms with Gasteiger partial charge < -0.3 is 0 Å². The lowest BCUT2D eigenvalue weighted by Crippen LogP contribution is -2.04. The maximum absolute atomic E-state index is 10.5. The van der Waals surface area contributed by atoms with Gasteiger partial charge in [-0.1, -0.05) is 12.1 Å². The lowest BCUT2D eigenvalue weighted by Gasteiger charge is -2.10. The first kappa shape index (κ1) is 10.9. The number of aromatic nitrogens is 2. The summed E-state index contributed by atoms with van der Waals surface area (Å²) in [7, 11) is 0. The molecule has 0 aliphatic heterocycles. The number of hydrogen-bond donors (Lipinski definition) is 0. The van der Waals surface area contributed by atoms with Crippen LogP contribution >= 0.6 is 0 Å². The average molecular weight is 239 g/mol. The number of nitrogens with zero attached hydrogens (tertiary/aromatic N) is 3. The molecule has 0 spiro atoms. The zero-order valence-corrected chi connectivity index (χ0v) is 10.1. The van der Waals surface area contributed by atoms with Gasteiger partial charge >= 0.3 is 0 Å². The van der Waals surface area contributed by atoms with E-state index < -0.39 is 0 Å². The van der Waals surface area contributed by atoms with Gasteiger partial charge in [0.2, 0.25) is 6.08 Å². The molecule has 1 heterocycles. The Balaban J connectivity index is 2.02. The van der Waals surface area contributed by atoms with Crippen LogP contribution in [0.1, 0.15) is 24.0 Å². The Kier molecular flexibility index (Phi) is 2.39. The first-order valence-electron chi connectivity index (χ1n) is 5.95. The van der Waals surface area contributed by atoms with Gasteiger partial charge in [-0.3, -0.25) is 0 Å². The van der Waals surface area contributed by atoms with Crippen LogP contribution in [-0.2, 0) is 10.3 Å². The Morgan fingerprint density at radius 1 is 1.44 bits per heavy atom. The van der Waals surface area contributed by atoms with E-state index in [0.717, 1.165) is 29.7 Å². The summed E-state index contributed by atoms with van der Waals surface area (Å²) in [5.41, 5.74) is 2.86. The zero-order chi connectivity index (χ0) is 12.6. The van der Waals surface area contributed by atoms with Gasteiger partial charge in [-0.2, -0.15) is 10.1 Å². The summed E-state index contributed by atoms with van der Waals surface area (Å²) in [6.45, 7) is 2.01. The van der Waals surface area contributed by atoms with Crippen LogP contribution in [0.2, 0.25) is 0 Å². The molecule has 3 rings (SSSR count). The smallest absolute Gasteiger partial charge is 0.235 e. The highest BCUT2D eigenvalue weighted by atomic mass is 16.1. The van der Waals surface area contributed by atoms with Gasteiger partial charge in [0, 0.05) is 6.20 Å². The minimum absolute atomic E-state index is 0.319. The predicted octanol–water partition coefficient (Wildman–Crippen LogP) is 2.51. The van der Waals surface area contributed by atoms with E-state index in [1.54, 1.807) is 6.08 Å². The third-order valence-corrected chi connectivity index (χ3v) is 3.34. The van der Waals surface area contributed by atoms with E-state index in [9.17, 15) is 4.79 Å². The average Bonchev–Trinajstić information content (AvgIpc) is 3.04. The van der Waals surface area contributed by atoms with Crippen LogP contribution in [0.25, 0.3) is 5.69 Å². The summed E-state index contributed by atoms with van der Waals surface area (Å²) in [6.07, 6.45) is 7.32. The molecule has 4 heteroatoms. The summed E-state index contributed by atoms with van der Waals surface area (Å²) in [4.78, 5) is 14.4. The van der Waals surface area contributed by atoms with Gasteiger partial charge in [0.25, 0.3) is 0 Å². The largest absolute Gasteiger partial charge is 0.241 e. The SMILES string of the molecule is Cc1cnn(-c2cccc(C3(N=C=O)CC3)c2)c1. The van der Waals surface area contributed by atoms with E-state index in [1.807, 2.05) is 48.3 Å². The van der Waals surface area contributed by atoms with Crippen molar-refractivity contribution < 1.29 is 4.79 Å². The molecule has 90 valence electrons. The number of hydrogen-bond acceptors (Lipinski definition) is 3. The van der Waals surface area contributed by atoms with E-state index in [-0.39, 0.29) is 5.54 Å². The molecule has 1 fully saturated rings. The molecular formula is C14H13N3O. The fourth-order valence-electron chi connectivity index (χ4n) is 2.16. The molecule has 0 amide bonds. The monoisotopic (exact) mass is 239 g/mol. The normalized spacial score (nSPS) is 16.1. The summed E-state index contributed by atoms with van der Waals surface area (Å²) >= 11 is 0. The lowest BCUT2D eigenvalue weighted by molar-refractivity contribution is 0.556. The highest BCUT2D eigenvalue weighted by Crippen LogP contribution is 2.49. The summed E-state index contributed by atoms with van der Waals surface area (Å²) in [5.74, 6) is 0. The summed E-state index contributed by atoms with van der Waals surface area (Å²) in [6, 6.07) is 8.02. The number of aliphatic imine (C=N–C) groups is 1. The number of aryl methyl sites for hydroxylation is 1. The molecule has 2 aromatic rings. The van der Waals surface area contributed by atoms with Crippen LogP contribution in [0.15, 0.2) is 41.7 Å².